The molecule has 0 spiro atoms. The predicted octanol–water partition coefficient (Wildman–Crippen LogP) is 2.23. The number of pyridine rings is 1. The van der Waals surface area contributed by atoms with Crippen molar-refractivity contribution in [2.75, 3.05) is 48.8 Å². The smallest absolute Gasteiger partial charge is 0.324 e. The highest BCUT2D eigenvalue weighted by Gasteiger charge is 2.17. The van der Waals surface area contributed by atoms with Crippen LogP contribution in [0, 0.1) is 6.92 Å². The molecule has 3 heterocycles. The van der Waals surface area contributed by atoms with E-state index in [1.54, 1.807) is 18.2 Å². The van der Waals surface area contributed by atoms with Crippen LogP contribution >= 0.6 is 11.6 Å². The van der Waals surface area contributed by atoms with E-state index < -0.39 is 6.03 Å². The molecule has 9 heteroatoms. The highest BCUT2D eigenvalue weighted by molar-refractivity contribution is 6.29. The summed E-state index contributed by atoms with van der Waals surface area (Å²) in [5, 5.41) is 5.75. The van der Waals surface area contributed by atoms with Crippen LogP contribution in [0.1, 0.15) is 5.82 Å². The third-order valence-electron chi connectivity index (χ3n) is 3.88. The van der Waals surface area contributed by atoms with E-state index >= 15 is 0 Å². The molecule has 2 aromatic heterocycles. The van der Waals surface area contributed by atoms with Gasteiger partial charge in [0.2, 0.25) is 0 Å². The predicted molar refractivity (Wildman–Crippen MR) is 98.4 cm³/mol. The van der Waals surface area contributed by atoms with Crippen LogP contribution in [0.25, 0.3) is 0 Å². The van der Waals surface area contributed by atoms with Crippen molar-refractivity contribution in [2.45, 2.75) is 6.92 Å². The maximum Gasteiger partial charge on any atom is 0.324 e. The number of likely N-dealkylation sites (N-methyl/N-ethyl adjacent to an activating group) is 1. The van der Waals surface area contributed by atoms with Crippen LogP contribution in [0.4, 0.5) is 22.1 Å². The highest BCUT2D eigenvalue weighted by Crippen LogP contribution is 2.18. The second kappa shape index (κ2) is 7.62. The molecule has 25 heavy (non-hydrogen) atoms. The third-order valence-corrected chi connectivity index (χ3v) is 4.08. The SMILES string of the molecule is Cc1nc(NC(=O)Nc2ccnc(Cl)c2)cc(N2CCN(C)CC2)n1. The van der Waals surface area contributed by atoms with E-state index in [9.17, 15) is 4.79 Å². The van der Waals surface area contributed by atoms with Gasteiger partial charge in [-0.2, -0.15) is 0 Å². The summed E-state index contributed by atoms with van der Waals surface area (Å²) in [4.78, 5) is 29.3. The van der Waals surface area contributed by atoms with Gasteiger partial charge in [-0.05, 0) is 26.1 Å². The first kappa shape index (κ1) is 17.4. The van der Waals surface area contributed by atoms with Crippen molar-refractivity contribution < 1.29 is 4.79 Å². The second-order valence-electron chi connectivity index (χ2n) is 5.90. The van der Waals surface area contributed by atoms with Gasteiger partial charge in [-0.15, -0.1) is 0 Å². The summed E-state index contributed by atoms with van der Waals surface area (Å²) in [6.07, 6.45) is 1.53. The number of carbonyl (C=O) groups is 1. The molecule has 1 saturated heterocycles. The largest absolute Gasteiger partial charge is 0.354 e. The Morgan fingerprint density at radius 2 is 1.92 bits per heavy atom. The minimum Gasteiger partial charge on any atom is -0.354 e. The molecule has 3 rings (SSSR count). The fourth-order valence-electron chi connectivity index (χ4n) is 2.57. The molecule has 1 fully saturated rings. The molecule has 8 nitrogen and oxygen atoms in total. The second-order valence-corrected chi connectivity index (χ2v) is 6.28. The van der Waals surface area contributed by atoms with Crippen molar-refractivity contribution in [3.05, 3.63) is 35.4 Å². The molecule has 0 aromatic carbocycles. The summed E-state index contributed by atoms with van der Waals surface area (Å²) in [6, 6.07) is 4.62. The fourth-order valence-corrected chi connectivity index (χ4v) is 2.75. The van der Waals surface area contributed by atoms with Crippen molar-refractivity contribution in [2.24, 2.45) is 0 Å². The number of nitrogens with zero attached hydrogens (tertiary/aromatic N) is 5. The molecule has 0 atom stereocenters. The van der Waals surface area contributed by atoms with Gasteiger partial charge >= 0.3 is 6.03 Å². The van der Waals surface area contributed by atoms with Gasteiger partial charge in [-0.3, -0.25) is 5.32 Å². The third kappa shape index (κ3) is 4.77. The van der Waals surface area contributed by atoms with Gasteiger partial charge in [0, 0.05) is 44.1 Å². The lowest BCUT2D eigenvalue weighted by atomic mass is 10.3. The number of hydrogen-bond acceptors (Lipinski definition) is 6. The normalized spacial score (nSPS) is 15.1. The maximum absolute atomic E-state index is 12.2. The van der Waals surface area contributed by atoms with Crippen molar-refractivity contribution >= 4 is 35.0 Å². The molecule has 0 unspecified atom stereocenters. The van der Waals surface area contributed by atoms with Crippen LogP contribution in [0.3, 0.4) is 0 Å². The summed E-state index contributed by atoms with van der Waals surface area (Å²) >= 11 is 5.81. The van der Waals surface area contributed by atoms with E-state index in [2.05, 4.69) is 42.4 Å². The van der Waals surface area contributed by atoms with Gasteiger partial charge in [-0.1, -0.05) is 11.6 Å². The maximum atomic E-state index is 12.2. The summed E-state index contributed by atoms with van der Waals surface area (Å²) in [5.74, 6) is 1.89. The summed E-state index contributed by atoms with van der Waals surface area (Å²) in [5.41, 5.74) is 0.558. The molecule has 0 bridgehead atoms. The van der Waals surface area contributed by atoms with E-state index in [0.717, 1.165) is 32.0 Å². The van der Waals surface area contributed by atoms with Gasteiger partial charge < -0.3 is 15.1 Å². The average Bonchev–Trinajstić information content (AvgIpc) is 2.54. The first-order chi connectivity index (χ1) is 12.0. The van der Waals surface area contributed by atoms with E-state index in [1.165, 1.54) is 6.20 Å². The molecule has 0 aliphatic carbocycles. The first-order valence-corrected chi connectivity index (χ1v) is 8.36. The first-order valence-electron chi connectivity index (χ1n) is 7.98. The molecule has 2 aromatic rings. The molecule has 0 radical (unpaired) electrons. The number of amides is 2. The fraction of sp³-hybridized carbons (Fsp3) is 0.375. The quantitative estimate of drug-likeness (QED) is 0.815. The summed E-state index contributed by atoms with van der Waals surface area (Å²) in [6.45, 7) is 5.57. The highest BCUT2D eigenvalue weighted by atomic mass is 35.5. The van der Waals surface area contributed by atoms with E-state index in [4.69, 9.17) is 11.6 Å². The van der Waals surface area contributed by atoms with Crippen LogP contribution in [0.15, 0.2) is 24.4 Å². The van der Waals surface area contributed by atoms with E-state index in [0.29, 0.717) is 22.5 Å². The Balaban J connectivity index is 1.68. The number of aromatic nitrogens is 3. The van der Waals surface area contributed by atoms with Gasteiger partial charge in [0.15, 0.2) is 0 Å². The summed E-state index contributed by atoms with van der Waals surface area (Å²) in [7, 11) is 2.10. The summed E-state index contributed by atoms with van der Waals surface area (Å²) < 4.78 is 0. The van der Waals surface area contributed by atoms with Gasteiger partial charge in [0.1, 0.15) is 22.6 Å². The van der Waals surface area contributed by atoms with Gasteiger partial charge in [0.05, 0.1) is 0 Å². The lowest BCUT2D eigenvalue weighted by molar-refractivity contribution is 0.262. The Morgan fingerprint density at radius 3 is 2.64 bits per heavy atom. The lowest BCUT2D eigenvalue weighted by Crippen LogP contribution is -2.44. The van der Waals surface area contributed by atoms with Crippen LogP contribution in [-0.4, -0.2) is 59.1 Å². The molecule has 132 valence electrons. The molecule has 2 N–H and O–H groups in total. The Kier molecular flexibility index (Phi) is 5.30. The van der Waals surface area contributed by atoms with Crippen molar-refractivity contribution in [3.63, 3.8) is 0 Å². The minimum absolute atomic E-state index is 0.313. The van der Waals surface area contributed by atoms with Crippen LogP contribution in [0.2, 0.25) is 5.15 Å². The Labute approximate surface area is 151 Å². The monoisotopic (exact) mass is 361 g/mol. The zero-order valence-corrected chi connectivity index (χ0v) is 14.9. The number of halogens is 1. The van der Waals surface area contributed by atoms with Crippen LogP contribution < -0.4 is 15.5 Å². The Bertz CT molecular complexity index is 762. The number of aryl methyl sites for hydroxylation is 1. The number of piperazine rings is 1. The average molecular weight is 362 g/mol. The van der Waals surface area contributed by atoms with Crippen LogP contribution in [-0.2, 0) is 0 Å². The van der Waals surface area contributed by atoms with Crippen molar-refractivity contribution in [1.82, 2.24) is 19.9 Å². The zero-order chi connectivity index (χ0) is 17.8. The van der Waals surface area contributed by atoms with E-state index in [1.807, 2.05) is 6.92 Å². The molecule has 1 aliphatic heterocycles. The van der Waals surface area contributed by atoms with Crippen molar-refractivity contribution in [1.29, 1.82) is 0 Å². The molecular formula is C16H20ClN7O. The number of hydrogen-bond donors (Lipinski definition) is 2. The number of nitrogens with one attached hydrogen (secondary N) is 2. The molecule has 0 saturated carbocycles. The van der Waals surface area contributed by atoms with Crippen molar-refractivity contribution in [3.8, 4) is 0 Å². The zero-order valence-electron chi connectivity index (χ0n) is 14.2. The Morgan fingerprint density at radius 1 is 1.16 bits per heavy atom. The molecule has 1 aliphatic rings. The minimum atomic E-state index is -0.398. The number of rotatable bonds is 3. The van der Waals surface area contributed by atoms with E-state index in [-0.39, 0.29) is 0 Å². The Hall–Kier alpha value is -2.45. The van der Waals surface area contributed by atoms with Gasteiger partial charge in [0.25, 0.3) is 0 Å². The lowest BCUT2D eigenvalue weighted by Gasteiger charge is -2.33. The number of anilines is 3. The van der Waals surface area contributed by atoms with Crippen LogP contribution in [0.5, 0.6) is 0 Å². The molecule has 2 amide bonds. The number of carbonyl (C=O) groups excluding carboxylic acids is 1. The topological polar surface area (TPSA) is 86.3 Å². The molecular weight excluding hydrogens is 342 g/mol. The number of urea groups is 1. The standard InChI is InChI=1S/C16H20ClN7O/c1-11-19-14(10-15(20-11)24-7-5-23(2)6-8-24)22-16(25)21-12-3-4-18-13(17)9-12/h3-4,9-10H,5-8H2,1-2H3,(H2,18,19,20,21,22,25). The van der Waals surface area contributed by atoms with Gasteiger partial charge in [-0.25, -0.2) is 19.7 Å².